The van der Waals surface area contributed by atoms with Gasteiger partial charge in [-0.25, -0.2) is 4.98 Å². The molecule has 1 aromatic rings. The first-order valence-electron chi connectivity index (χ1n) is 8.25. The number of rotatable bonds is 6. The van der Waals surface area contributed by atoms with Crippen molar-refractivity contribution in [3.05, 3.63) is 18.2 Å². The number of aromatic nitrogens is 2. The molecule has 1 heterocycles. The maximum atomic E-state index is 4.47. The molecule has 0 bridgehead atoms. The summed E-state index contributed by atoms with van der Waals surface area (Å²) >= 11 is 0. The maximum Gasteiger partial charge on any atom is 0.108 e. The quantitative estimate of drug-likeness (QED) is 0.863. The predicted molar refractivity (Wildman–Crippen MR) is 84.7 cm³/mol. The summed E-state index contributed by atoms with van der Waals surface area (Å²) in [6, 6.07) is 0.601. The number of aryl methyl sites for hydroxylation is 2. The molecular formula is C17H31N3. The van der Waals surface area contributed by atoms with Gasteiger partial charge in [-0.3, -0.25) is 0 Å². The van der Waals surface area contributed by atoms with Gasteiger partial charge in [0.15, 0.2) is 0 Å². The zero-order chi connectivity index (χ0) is 14.5. The van der Waals surface area contributed by atoms with Crippen LogP contribution in [-0.2, 0) is 13.5 Å². The van der Waals surface area contributed by atoms with Gasteiger partial charge >= 0.3 is 0 Å². The minimum Gasteiger partial charge on any atom is -0.338 e. The molecule has 1 aromatic heterocycles. The third kappa shape index (κ3) is 4.34. The van der Waals surface area contributed by atoms with Gasteiger partial charge in [-0.2, -0.15) is 0 Å². The molecule has 3 nitrogen and oxygen atoms in total. The highest BCUT2D eigenvalue weighted by molar-refractivity contribution is 4.92. The van der Waals surface area contributed by atoms with Gasteiger partial charge in [-0.05, 0) is 43.6 Å². The van der Waals surface area contributed by atoms with E-state index >= 15 is 0 Å². The molecule has 3 heteroatoms. The fraction of sp³-hybridized carbons (Fsp3) is 0.824. The van der Waals surface area contributed by atoms with E-state index in [1.807, 2.05) is 6.20 Å². The van der Waals surface area contributed by atoms with Crippen molar-refractivity contribution in [2.45, 2.75) is 58.9 Å². The third-order valence-corrected chi connectivity index (χ3v) is 4.85. The van der Waals surface area contributed by atoms with Crippen LogP contribution < -0.4 is 5.32 Å². The Labute approximate surface area is 124 Å². The van der Waals surface area contributed by atoms with Gasteiger partial charge in [-0.15, -0.1) is 0 Å². The third-order valence-electron chi connectivity index (χ3n) is 4.85. The smallest absolute Gasteiger partial charge is 0.108 e. The van der Waals surface area contributed by atoms with Crippen LogP contribution >= 0.6 is 0 Å². The average Bonchev–Trinajstić information content (AvgIpc) is 2.80. The zero-order valence-corrected chi connectivity index (χ0v) is 13.6. The van der Waals surface area contributed by atoms with Crippen LogP contribution in [0.4, 0.5) is 0 Å². The standard InChI is InChI=1S/C17H31N3/c1-13(2)19-12-16-6-5-14(3)11-15(16)7-8-17-18-9-10-20(17)4/h9-10,13-16,19H,5-8,11-12H2,1-4H3. The Morgan fingerprint density at radius 3 is 2.80 bits per heavy atom. The Morgan fingerprint density at radius 1 is 1.35 bits per heavy atom. The van der Waals surface area contributed by atoms with Crippen molar-refractivity contribution >= 4 is 0 Å². The summed E-state index contributed by atoms with van der Waals surface area (Å²) in [6.07, 6.45) is 10.6. The molecule has 1 aliphatic carbocycles. The summed E-state index contributed by atoms with van der Waals surface area (Å²) in [5, 5.41) is 3.64. The van der Waals surface area contributed by atoms with E-state index in [0.717, 1.165) is 24.2 Å². The van der Waals surface area contributed by atoms with E-state index in [9.17, 15) is 0 Å². The minimum atomic E-state index is 0.601. The first-order chi connectivity index (χ1) is 9.56. The predicted octanol–water partition coefficient (Wildman–Crippen LogP) is 3.40. The molecule has 114 valence electrons. The Hall–Kier alpha value is -0.830. The molecule has 1 aliphatic rings. The van der Waals surface area contributed by atoms with E-state index in [-0.39, 0.29) is 0 Å². The Bertz CT molecular complexity index is 397. The van der Waals surface area contributed by atoms with Crippen LogP contribution in [0.15, 0.2) is 12.4 Å². The van der Waals surface area contributed by atoms with E-state index < -0.39 is 0 Å². The Kier molecular flexibility index (Phi) is 5.64. The first kappa shape index (κ1) is 15.6. The van der Waals surface area contributed by atoms with E-state index in [4.69, 9.17) is 0 Å². The van der Waals surface area contributed by atoms with E-state index in [1.165, 1.54) is 38.1 Å². The molecule has 20 heavy (non-hydrogen) atoms. The van der Waals surface area contributed by atoms with Crippen LogP contribution in [-0.4, -0.2) is 22.1 Å². The van der Waals surface area contributed by atoms with E-state index in [1.54, 1.807) is 0 Å². The van der Waals surface area contributed by atoms with Crippen LogP contribution in [0, 0.1) is 17.8 Å². The molecule has 0 saturated heterocycles. The molecule has 0 amide bonds. The number of nitrogens with one attached hydrogen (secondary N) is 1. The van der Waals surface area contributed by atoms with Gasteiger partial charge < -0.3 is 9.88 Å². The molecule has 0 radical (unpaired) electrons. The Balaban J connectivity index is 1.88. The highest BCUT2D eigenvalue weighted by atomic mass is 15.0. The van der Waals surface area contributed by atoms with Gasteiger partial charge in [-0.1, -0.05) is 27.2 Å². The van der Waals surface area contributed by atoms with Gasteiger partial charge in [0.1, 0.15) is 5.82 Å². The highest BCUT2D eigenvalue weighted by Gasteiger charge is 2.28. The fourth-order valence-electron chi connectivity index (χ4n) is 3.52. The summed E-state index contributed by atoms with van der Waals surface area (Å²) in [5.41, 5.74) is 0. The second-order valence-electron chi connectivity index (χ2n) is 6.99. The lowest BCUT2D eigenvalue weighted by atomic mass is 9.72. The van der Waals surface area contributed by atoms with Gasteiger partial charge in [0, 0.05) is 31.9 Å². The highest BCUT2D eigenvalue weighted by Crippen LogP contribution is 2.36. The number of nitrogens with zero attached hydrogens (tertiary/aromatic N) is 2. The van der Waals surface area contributed by atoms with Crippen LogP contribution in [0.2, 0.25) is 0 Å². The topological polar surface area (TPSA) is 29.9 Å². The van der Waals surface area contributed by atoms with Gasteiger partial charge in [0.05, 0.1) is 0 Å². The normalized spacial score (nSPS) is 27.1. The molecule has 0 spiro atoms. The second kappa shape index (κ2) is 7.26. The molecule has 2 rings (SSSR count). The summed E-state index contributed by atoms with van der Waals surface area (Å²) in [5.74, 6) is 3.85. The van der Waals surface area contributed by atoms with E-state index in [0.29, 0.717) is 6.04 Å². The molecule has 3 unspecified atom stereocenters. The van der Waals surface area contributed by atoms with Crippen LogP contribution in [0.1, 0.15) is 52.3 Å². The van der Waals surface area contributed by atoms with Crippen LogP contribution in [0.3, 0.4) is 0 Å². The molecule has 3 atom stereocenters. The second-order valence-corrected chi connectivity index (χ2v) is 6.99. The fourth-order valence-corrected chi connectivity index (χ4v) is 3.52. The SMILES string of the molecule is CC1CCC(CNC(C)C)C(CCc2nccn2C)C1. The van der Waals surface area contributed by atoms with Crippen molar-refractivity contribution in [3.8, 4) is 0 Å². The van der Waals surface area contributed by atoms with Crippen molar-refractivity contribution < 1.29 is 0 Å². The summed E-state index contributed by atoms with van der Waals surface area (Å²) < 4.78 is 2.16. The molecule has 0 aromatic carbocycles. The molecule has 1 fully saturated rings. The summed E-state index contributed by atoms with van der Waals surface area (Å²) in [7, 11) is 2.10. The molecule has 1 saturated carbocycles. The molecule has 0 aliphatic heterocycles. The van der Waals surface area contributed by atoms with Crippen molar-refractivity contribution in [1.29, 1.82) is 0 Å². The molecular weight excluding hydrogens is 246 g/mol. The largest absolute Gasteiger partial charge is 0.338 e. The van der Waals surface area contributed by atoms with E-state index in [2.05, 4.69) is 48.9 Å². The van der Waals surface area contributed by atoms with Gasteiger partial charge in [0.25, 0.3) is 0 Å². The number of hydrogen-bond acceptors (Lipinski definition) is 2. The lowest BCUT2D eigenvalue weighted by Gasteiger charge is -2.35. The van der Waals surface area contributed by atoms with Crippen molar-refractivity contribution in [1.82, 2.24) is 14.9 Å². The number of imidazole rings is 1. The monoisotopic (exact) mass is 277 g/mol. The van der Waals surface area contributed by atoms with Crippen molar-refractivity contribution in [2.24, 2.45) is 24.8 Å². The van der Waals surface area contributed by atoms with Gasteiger partial charge in [0.2, 0.25) is 0 Å². The van der Waals surface area contributed by atoms with Crippen LogP contribution in [0.5, 0.6) is 0 Å². The summed E-state index contributed by atoms with van der Waals surface area (Å²) in [6.45, 7) is 8.10. The Morgan fingerprint density at radius 2 is 2.15 bits per heavy atom. The number of hydrogen-bond donors (Lipinski definition) is 1. The van der Waals surface area contributed by atoms with Crippen molar-refractivity contribution in [2.75, 3.05) is 6.54 Å². The van der Waals surface area contributed by atoms with Crippen LogP contribution in [0.25, 0.3) is 0 Å². The zero-order valence-electron chi connectivity index (χ0n) is 13.6. The average molecular weight is 277 g/mol. The molecule has 1 N–H and O–H groups in total. The maximum absolute atomic E-state index is 4.47. The first-order valence-corrected chi connectivity index (χ1v) is 8.25. The summed E-state index contributed by atoms with van der Waals surface area (Å²) in [4.78, 5) is 4.47. The minimum absolute atomic E-state index is 0.601. The lowest BCUT2D eigenvalue weighted by molar-refractivity contribution is 0.172. The van der Waals surface area contributed by atoms with Crippen molar-refractivity contribution in [3.63, 3.8) is 0 Å². The lowest BCUT2D eigenvalue weighted by Crippen LogP contribution is -2.35.